The molecule has 0 saturated heterocycles. The molecule has 96 valence electrons. The Bertz CT molecular complexity index is 311. The molecule has 0 bridgehead atoms. The second kappa shape index (κ2) is 6.94. The highest BCUT2D eigenvalue weighted by molar-refractivity contribution is 6.71. The molecule has 0 aliphatic rings. The summed E-state index contributed by atoms with van der Waals surface area (Å²) in [5.41, 5.74) is 7.12. The van der Waals surface area contributed by atoms with Gasteiger partial charge in [0.1, 0.15) is 0 Å². The average molecular weight is 251 g/mol. The standard InChI is InChI=1S/C14H25NOSi/c1-13(15)16-17(2,3)12-8-7-11-14-9-5-4-6-10-14/h4-6,9-10,13H,7-8,11-12,15H2,1-3H3. The van der Waals surface area contributed by atoms with Crippen LogP contribution in [0.25, 0.3) is 0 Å². The summed E-state index contributed by atoms with van der Waals surface area (Å²) < 4.78 is 5.81. The number of hydrogen-bond acceptors (Lipinski definition) is 2. The van der Waals surface area contributed by atoms with Crippen LogP contribution in [0, 0.1) is 0 Å². The number of unbranched alkanes of at least 4 members (excludes halogenated alkanes) is 1. The Morgan fingerprint density at radius 3 is 2.41 bits per heavy atom. The maximum absolute atomic E-state index is 5.81. The molecule has 1 atom stereocenters. The third-order valence-corrected chi connectivity index (χ3v) is 5.41. The van der Waals surface area contributed by atoms with Crippen molar-refractivity contribution in [3.05, 3.63) is 35.9 Å². The molecule has 0 aromatic heterocycles. The molecule has 1 rings (SSSR count). The molecule has 0 radical (unpaired) electrons. The molecule has 1 unspecified atom stereocenters. The van der Waals surface area contributed by atoms with Gasteiger partial charge in [-0.3, -0.25) is 0 Å². The van der Waals surface area contributed by atoms with Gasteiger partial charge in [-0.15, -0.1) is 0 Å². The summed E-state index contributed by atoms with van der Waals surface area (Å²) in [6.45, 7) is 6.41. The number of hydrogen-bond donors (Lipinski definition) is 1. The largest absolute Gasteiger partial charge is 0.403 e. The Labute approximate surface area is 106 Å². The fraction of sp³-hybridized carbons (Fsp3) is 0.571. The van der Waals surface area contributed by atoms with Crippen LogP contribution in [0.15, 0.2) is 30.3 Å². The van der Waals surface area contributed by atoms with Crippen LogP contribution in [0.2, 0.25) is 19.1 Å². The number of rotatable bonds is 7. The van der Waals surface area contributed by atoms with E-state index < -0.39 is 8.32 Å². The Morgan fingerprint density at radius 2 is 1.82 bits per heavy atom. The van der Waals surface area contributed by atoms with Gasteiger partial charge in [-0.05, 0) is 44.5 Å². The van der Waals surface area contributed by atoms with Gasteiger partial charge in [0.05, 0.1) is 6.23 Å². The third-order valence-electron chi connectivity index (χ3n) is 2.84. The molecule has 17 heavy (non-hydrogen) atoms. The molecular weight excluding hydrogens is 226 g/mol. The number of benzene rings is 1. The van der Waals surface area contributed by atoms with Crippen molar-refractivity contribution in [1.29, 1.82) is 0 Å². The zero-order valence-electron chi connectivity index (χ0n) is 11.3. The molecule has 3 heteroatoms. The second-order valence-electron chi connectivity index (χ2n) is 5.28. The minimum absolute atomic E-state index is 0.120. The van der Waals surface area contributed by atoms with E-state index in [1.807, 2.05) is 6.92 Å². The van der Waals surface area contributed by atoms with Crippen LogP contribution in [0.5, 0.6) is 0 Å². The van der Waals surface area contributed by atoms with Crippen molar-refractivity contribution in [3.63, 3.8) is 0 Å². The van der Waals surface area contributed by atoms with Crippen molar-refractivity contribution in [1.82, 2.24) is 0 Å². The van der Waals surface area contributed by atoms with Gasteiger partial charge < -0.3 is 10.2 Å². The van der Waals surface area contributed by atoms with E-state index in [2.05, 4.69) is 43.4 Å². The molecule has 0 fully saturated rings. The molecule has 1 aromatic rings. The van der Waals surface area contributed by atoms with Crippen molar-refractivity contribution < 1.29 is 4.43 Å². The quantitative estimate of drug-likeness (QED) is 0.457. The van der Waals surface area contributed by atoms with Crippen LogP contribution in [0.1, 0.15) is 25.3 Å². The first-order chi connectivity index (χ1) is 7.99. The predicted molar refractivity (Wildman–Crippen MR) is 76.4 cm³/mol. The fourth-order valence-corrected chi connectivity index (χ4v) is 4.31. The molecule has 0 saturated carbocycles. The zero-order valence-corrected chi connectivity index (χ0v) is 12.3. The van der Waals surface area contributed by atoms with Crippen LogP contribution in [-0.4, -0.2) is 14.5 Å². The summed E-state index contributed by atoms with van der Waals surface area (Å²) in [6, 6.07) is 11.9. The Kier molecular flexibility index (Phi) is 5.89. The summed E-state index contributed by atoms with van der Waals surface area (Å²) in [5, 5.41) is 0. The lowest BCUT2D eigenvalue weighted by molar-refractivity contribution is 0.218. The SMILES string of the molecule is CC(N)O[Si](C)(C)CCCCc1ccccc1. The van der Waals surface area contributed by atoms with E-state index in [1.165, 1.54) is 30.9 Å². The van der Waals surface area contributed by atoms with Gasteiger partial charge in [-0.2, -0.15) is 0 Å². The molecule has 0 aliphatic heterocycles. The van der Waals surface area contributed by atoms with E-state index in [0.29, 0.717) is 0 Å². The maximum atomic E-state index is 5.81. The van der Waals surface area contributed by atoms with Crippen molar-refractivity contribution in [2.45, 2.75) is 51.6 Å². The molecule has 0 spiro atoms. The smallest absolute Gasteiger partial charge is 0.188 e. The maximum Gasteiger partial charge on any atom is 0.188 e. The highest BCUT2D eigenvalue weighted by Crippen LogP contribution is 2.17. The van der Waals surface area contributed by atoms with E-state index in [1.54, 1.807) is 0 Å². The van der Waals surface area contributed by atoms with Gasteiger partial charge in [-0.1, -0.05) is 36.8 Å². The van der Waals surface area contributed by atoms with Gasteiger partial charge >= 0.3 is 0 Å². The minimum Gasteiger partial charge on any atom is -0.403 e. The lowest BCUT2D eigenvalue weighted by atomic mass is 10.1. The predicted octanol–water partition coefficient (Wildman–Crippen LogP) is 3.54. The first-order valence-electron chi connectivity index (χ1n) is 6.47. The summed E-state index contributed by atoms with van der Waals surface area (Å²) in [5.74, 6) is 0. The number of nitrogens with two attached hydrogens (primary N) is 1. The van der Waals surface area contributed by atoms with Crippen LogP contribution < -0.4 is 5.73 Å². The van der Waals surface area contributed by atoms with Crippen molar-refractivity contribution in [2.24, 2.45) is 5.73 Å². The summed E-state index contributed by atoms with van der Waals surface area (Å²) in [7, 11) is -1.53. The highest BCUT2D eigenvalue weighted by Gasteiger charge is 2.22. The summed E-state index contributed by atoms with van der Waals surface area (Å²) in [4.78, 5) is 0. The van der Waals surface area contributed by atoms with E-state index >= 15 is 0 Å². The second-order valence-corrected chi connectivity index (χ2v) is 9.53. The highest BCUT2D eigenvalue weighted by atomic mass is 28.4. The lowest BCUT2D eigenvalue weighted by Crippen LogP contribution is -2.37. The average Bonchev–Trinajstić information content (AvgIpc) is 2.24. The van der Waals surface area contributed by atoms with E-state index in [-0.39, 0.29) is 6.23 Å². The van der Waals surface area contributed by atoms with Crippen molar-refractivity contribution in [2.75, 3.05) is 0 Å². The van der Waals surface area contributed by atoms with E-state index in [0.717, 1.165) is 0 Å². The monoisotopic (exact) mass is 251 g/mol. The molecule has 0 aliphatic carbocycles. The van der Waals surface area contributed by atoms with Crippen LogP contribution in [-0.2, 0) is 10.8 Å². The molecule has 2 nitrogen and oxygen atoms in total. The van der Waals surface area contributed by atoms with Crippen LogP contribution in [0.3, 0.4) is 0 Å². The van der Waals surface area contributed by atoms with E-state index in [9.17, 15) is 0 Å². The lowest BCUT2D eigenvalue weighted by Gasteiger charge is -2.25. The minimum atomic E-state index is -1.53. The molecule has 0 amide bonds. The first kappa shape index (κ1) is 14.4. The van der Waals surface area contributed by atoms with Gasteiger partial charge in [0.15, 0.2) is 8.32 Å². The van der Waals surface area contributed by atoms with Crippen LogP contribution >= 0.6 is 0 Å². The van der Waals surface area contributed by atoms with Crippen molar-refractivity contribution in [3.8, 4) is 0 Å². The van der Waals surface area contributed by atoms with Gasteiger partial charge in [0.2, 0.25) is 0 Å². The molecule has 1 aromatic carbocycles. The first-order valence-corrected chi connectivity index (χ1v) is 9.58. The van der Waals surface area contributed by atoms with Crippen molar-refractivity contribution >= 4 is 8.32 Å². The normalized spacial score (nSPS) is 13.6. The van der Waals surface area contributed by atoms with E-state index in [4.69, 9.17) is 10.2 Å². The fourth-order valence-electron chi connectivity index (χ4n) is 2.09. The van der Waals surface area contributed by atoms with Gasteiger partial charge in [-0.25, -0.2) is 0 Å². The molecular formula is C14H25NOSi. The molecule has 0 heterocycles. The topological polar surface area (TPSA) is 35.2 Å². The van der Waals surface area contributed by atoms with Crippen LogP contribution in [0.4, 0.5) is 0 Å². The summed E-state index contributed by atoms with van der Waals surface area (Å²) in [6.07, 6.45) is 3.53. The summed E-state index contributed by atoms with van der Waals surface area (Å²) >= 11 is 0. The van der Waals surface area contributed by atoms with Gasteiger partial charge in [0.25, 0.3) is 0 Å². The Hall–Kier alpha value is -0.643. The van der Waals surface area contributed by atoms with Gasteiger partial charge in [0, 0.05) is 0 Å². The Balaban J connectivity index is 2.20. The molecule has 2 N–H and O–H groups in total. The zero-order chi connectivity index (χ0) is 12.7. The Morgan fingerprint density at radius 1 is 1.18 bits per heavy atom. The third kappa shape index (κ3) is 6.61. The number of aryl methyl sites for hydroxylation is 1.